The SMILES string of the molecule is CCSc1nc(N2CCCCC2)c2cnn(CCNC(=O)c3cc4cccc(OC)c4o3)c2n1. The largest absolute Gasteiger partial charge is 0.493 e. The third-order valence-corrected chi connectivity index (χ3v) is 6.67. The predicted molar refractivity (Wildman–Crippen MR) is 133 cm³/mol. The van der Waals surface area contributed by atoms with E-state index in [1.807, 2.05) is 23.0 Å². The lowest BCUT2D eigenvalue weighted by Gasteiger charge is -2.28. The zero-order chi connectivity index (χ0) is 23.5. The smallest absolute Gasteiger partial charge is 0.287 e. The van der Waals surface area contributed by atoms with E-state index in [-0.39, 0.29) is 11.7 Å². The van der Waals surface area contributed by atoms with Gasteiger partial charge < -0.3 is 19.4 Å². The Morgan fingerprint density at radius 1 is 1.24 bits per heavy atom. The first kappa shape index (κ1) is 22.5. The molecule has 4 heterocycles. The molecule has 178 valence electrons. The van der Waals surface area contributed by atoms with Crippen LogP contribution in [0.25, 0.3) is 22.0 Å². The zero-order valence-electron chi connectivity index (χ0n) is 19.4. The van der Waals surface area contributed by atoms with E-state index in [1.54, 1.807) is 31.0 Å². The Labute approximate surface area is 201 Å². The van der Waals surface area contributed by atoms with E-state index in [0.717, 1.165) is 46.2 Å². The Morgan fingerprint density at radius 2 is 2.09 bits per heavy atom. The highest BCUT2D eigenvalue weighted by Crippen LogP contribution is 2.30. The number of aromatic nitrogens is 4. The Bertz CT molecular complexity index is 1310. The van der Waals surface area contributed by atoms with Gasteiger partial charge in [-0.2, -0.15) is 5.10 Å². The van der Waals surface area contributed by atoms with Crippen LogP contribution in [0.5, 0.6) is 5.75 Å². The number of benzene rings is 1. The van der Waals surface area contributed by atoms with Crippen molar-refractivity contribution >= 4 is 45.5 Å². The molecule has 9 nitrogen and oxygen atoms in total. The summed E-state index contributed by atoms with van der Waals surface area (Å²) in [7, 11) is 1.58. The molecule has 1 fully saturated rings. The van der Waals surface area contributed by atoms with E-state index in [0.29, 0.717) is 24.4 Å². The van der Waals surface area contributed by atoms with Gasteiger partial charge in [-0.05, 0) is 37.1 Å². The Balaban J connectivity index is 1.33. The second kappa shape index (κ2) is 9.92. The topological polar surface area (TPSA) is 98.3 Å². The quantitative estimate of drug-likeness (QED) is 0.297. The summed E-state index contributed by atoms with van der Waals surface area (Å²) in [5, 5.41) is 10.0. The molecule has 0 unspecified atom stereocenters. The number of nitrogens with zero attached hydrogens (tertiary/aromatic N) is 5. The maximum atomic E-state index is 12.7. The third-order valence-electron chi connectivity index (χ3n) is 5.95. The van der Waals surface area contributed by atoms with Crippen molar-refractivity contribution in [2.24, 2.45) is 0 Å². The van der Waals surface area contributed by atoms with E-state index in [9.17, 15) is 4.79 Å². The summed E-state index contributed by atoms with van der Waals surface area (Å²) >= 11 is 1.63. The van der Waals surface area contributed by atoms with Crippen molar-refractivity contribution in [3.05, 3.63) is 36.2 Å². The van der Waals surface area contributed by atoms with Crippen LogP contribution in [0.1, 0.15) is 36.7 Å². The molecular formula is C24H28N6O3S. The van der Waals surface area contributed by atoms with Gasteiger partial charge in [-0.1, -0.05) is 30.8 Å². The summed E-state index contributed by atoms with van der Waals surface area (Å²) in [5.74, 6) is 2.44. The number of amides is 1. The molecular weight excluding hydrogens is 452 g/mol. The van der Waals surface area contributed by atoms with Crippen LogP contribution in [-0.2, 0) is 6.54 Å². The maximum absolute atomic E-state index is 12.7. The van der Waals surface area contributed by atoms with Crippen LogP contribution in [0.3, 0.4) is 0 Å². The molecule has 1 aromatic carbocycles. The minimum atomic E-state index is -0.277. The minimum absolute atomic E-state index is 0.251. The average Bonchev–Trinajstić information content (AvgIpc) is 3.49. The summed E-state index contributed by atoms with van der Waals surface area (Å²) in [6.45, 7) is 4.99. The number of rotatable bonds is 8. The molecule has 0 saturated carbocycles. The van der Waals surface area contributed by atoms with Crippen LogP contribution < -0.4 is 15.0 Å². The fourth-order valence-electron chi connectivity index (χ4n) is 4.30. The number of furan rings is 1. The van der Waals surface area contributed by atoms with Crippen LogP contribution in [0.15, 0.2) is 40.0 Å². The molecule has 3 aromatic heterocycles. The molecule has 0 spiro atoms. The second-order valence-electron chi connectivity index (χ2n) is 8.16. The van der Waals surface area contributed by atoms with Crippen molar-refractivity contribution in [1.82, 2.24) is 25.1 Å². The molecule has 4 aromatic rings. The van der Waals surface area contributed by atoms with E-state index in [4.69, 9.17) is 19.1 Å². The van der Waals surface area contributed by atoms with Gasteiger partial charge in [-0.25, -0.2) is 14.6 Å². The summed E-state index contributed by atoms with van der Waals surface area (Å²) < 4.78 is 12.9. The van der Waals surface area contributed by atoms with Crippen LogP contribution in [0.2, 0.25) is 0 Å². The van der Waals surface area contributed by atoms with Crippen molar-refractivity contribution in [2.45, 2.75) is 37.9 Å². The summed E-state index contributed by atoms with van der Waals surface area (Å²) in [6.07, 6.45) is 5.45. The second-order valence-corrected chi connectivity index (χ2v) is 9.39. The number of carbonyl (C=O) groups is 1. The molecule has 1 amide bonds. The first-order valence-corrected chi connectivity index (χ1v) is 12.6. The Morgan fingerprint density at radius 3 is 2.88 bits per heavy atom. The fourth-order valence-corrected chi connectivity index (χ4v) is 4.86. The van der Waals surface area contributed by atoms with Crippen LogP contribution >= 0.6 is 11.8 Å². The van der Waals surface area contributed by atoms with Gasteiger partial charge in [0.25, 0.3) is 5.91 Å². The van der Waals surface area contributed by atoms with E-state index in [2.05, 4.69) is 22.2 Å². The lowest BCUT2D eigenvalue weighted by atomic mass is 10.1. The van der Waals surface area contributed by atoms with Gasteiger partial charge in [0, 0.05) is 25.0 Å². The third kappa shape index (κ3) is 4.42. The van der Waals surface area contributed by atoms with Gasteiger partial charge in [0.2, 0.25) is 0 Å². The molecule has 0 bridgehead atoms. The highest BCUT2D eigenvalue weighted by atomic mass is 32.2. The van der Waals surface area contributed by atoms with E-state index in [1.165, 1.54) is 19.3 Å². The molecule has 0 radical (unpaired) electrons. The Hall–Kier alpha value is -3.27. The van der Waals surface area contributed by atoms with Crippen molar-refractivity contribution in [1.29, 1.82) is 0 Å². The number of fused-ring (bicyclic) bond motifs is 2. The lowest BCUT2D eigenvalue weighted by Crippen LogP contribution is -2.30. The molecule has 1 saturated heterocycles. The molecule has 34 heavy (non-hydrogen) atoms. The fraction of sp³-hybridized carbons (Fsp3) is 0.417. The number of carbonyl (C=O) groups excluding carboxylic acids is 1. The molecule has 0 aliphatic carbocycles. The van der Waals surface area contributed by atoms with Gasteiger partial charge in [0.1, 0.15) is 5.82 Å². The number of anilines is 1. The number of hydrogen-bond donors (Lipinski definition) is 1. The summed E-state index contributed by atoms with van der Waals surface area (Å²) in [4.78, 5) is 24.6. The lowest BCUT2D eigenvalue weighted by molar-refractivity contribution is 0.0926. The normalized spacial score (nSPS) is 14.1. The Kier molecular flexibility index (Phi) is 6.57. The van der Waals surface area contributed by atoms with E-state index >= 15 is 0 Å². The summed E-state index contributed by atoms with van der Waals surface area (Å²) in [5.41, 5.74) is 1.37. The van der Waals surface area contributed by atoms with Gasteiger partial charge in [0.05, 0.1) is 25.2 Å². The number of nitrogens with one attached hydrogen (secondary N) is 1. The number of thioether (sulfide) groups is 1. The molecule has 0 atom stereocenters. The molecule has 1 aliphatic rings. The predicted octanol–water partition coefficient (Wildman–Crippen LogP) is 4.11. The van der Waals surface area contributed by atoms with Gasteiger partial charge >= 0.3 is 0 Å². The maximum Gasteiger partial charge on any atom is 0.287 e. The van der Waals surface area contributed by atoms with Crippen molar-refractivity contribution in [2.75, 3.05) is 37.4 Å². The highest BCUT2D eigenvalue weighted by molar-refractivity contribution is 7.99. The molecule has 10 heteroatoms. The first-order chi connectivity index (χ1) is 16.7. The van der Waals surface area contributed by atoms with Crippen molar-refractivity contribution < 1.29 is 13.9 Å². The molecule has 1 N–H and O–H groups in total. The highest BCUT2D eigenvalue weighted by Gasteiger charge is 2.20. The number of methoxy groups -OCH3 is 1. The average molecular weight is 481 g/mol. The number of hydrogen-bond acceptors (Lipinski definition) is 8. The molecule has 1 aliphatic heterocycles. The van der Waals surface area contributed by atoms with Gasteiger partial charge in [-0.15, -0.1) is 0 Å². The van der Waals surface area contributed by atoms with Crippen LogP contribution in [-0.4, -0.2) is 58.2 Å². The molecule has 5 rings (SSSR count). The number of ether oxygens (including phenoxy) is 1. The monoisotopic (exact) mass is 480 g/mol. The van der Waals surface area contributed by atoms with Crippen LogP contribution in [0.4, 0.5) is 5.82 Å². The standard InChI is InChI=1S/C24H28N6O3S/c1-3-34-24-27-21(29-11-5-4-6-12-29)17-15-26-30(22(17)28-24)13-10-25-23(31)19-14-16-8-7-9-18(32-2)20(16)33-19/h7-9,14-15H,3-6,10-13H2,1-2H3,(H,25,31). The van der Waals surface area contributed by atoms with Crippen molar-refractivity contribution in [3.8, 4) is 5.75 Å². The minimum Gasteiger partial charge on any atom is -0.493 e. The number of piperidine rings is 1. The zero-order valence-corrected chi connectivity index (χ0v) is 20.2. The van der Waals surface area contributed by atoms with E-state index < -0.39 is 0 Å². The van der Waals surface area contributed by atoms with Crippen molar-refractivity contribution in [3.63, 3.8) is 0 Å². The van der Waals surface area contributed by atoms with Gasteiger partial charge in [0.15, 0.2) is 27.9 Å². The number of para-hydroxylation sites is 1. The first-order valence-electron chi connectivity index (χ1n) is 11.6. The van der Waals surface area contributed by atoms with Gasteiger partial charge in [-0.3, -0.25) is 4.79 Å². The summed E-state index contributed by atoms with van der Waals surface area (Å²) in [6, 6.07) is 7.29. The van der Waals surface area contributed by atoms with Crippen LogP contribution in [0, 0.1) is 0 Å².